The first-order valence-electron chi connectivity index (χ1n) is 8.83. The highest BCUT2D eigenvalue weighted by atomic mass is 19.1. The fourth-order valence-electron chi connectivity index (χ4n) is 3.30. The Kier molecular flexibility index (Phi) is 5.48. The van der Waals surface area contributed by atoms with Crippen LogP contribution in [0, 0.1) is 5.82 Å². The van der Waals surface area contributed by atoms with E-state index in [4.69, 9.17) is 0 Å². The third kappa shape index (κ3) is 4.25. The number of likely N-dealkylation sites (N-methyl/N-ethyl adjacent to an activating group) is 1. The van der Waals surface area contributed by atoms with Gasteiger partial charge >= 0.3 is 0 Å². The number of halogens is 1. The molecule has 2 N–H and O–H groups in total. The molecule has 6 heteroatoms. The molecule has 1 saturated carbocycles. The van der Waals surface area contributed by atoms with Gasteiger partial charge in [-0.1, -0.05) is 12.8 Å². The number of H-pyrrole nitrogens is 1. The Bertz CT molecular complexity index is 706. The van der Waals surface area contributed by atoms with Crippen LogP contribution in [-0.2, 0) is 11.3 Å². The van der Waals surface area contributed by atoms with E-state index in [1.54, 1.807) is 18.3 Å². The van der Waals surface area contributed by atoms with Crippen molar-refractivity contribution in [2.45, 2.75) is 51.2 Å². The van der Waals surface area contributed by atoms with Crippen LogP contribution < -0.4 is 5.32 Å². The van der Waals surface area contributed by atoms with Crippen LogP contribution in [0.1, 0.15) is 38.2 Å². The quantitative estimate of drug-likeness (QED) is 0.846. The van der Waals surface area contributed by atoms with E-state index in [0.717, 1.165) is 29.7 Å². The molecule has 0 bridgehead atoms. The molecule has 1 heterocycles. The zero-order valence-corrected chi connectivity index (χ0v) is 14.8. The molecule has 1 amide bonds. The van der Waals surface area contributed by atoms with E-state index in [2.05, 4.69) is 15.5 Å². The largest absolute Gasteiger partial charge is 0.352 e. The number of amides is 1. The van der Waals surface area contributed by atoms with E-state index >= 15 is 0 Å². The summed E-state index contributed by atoms with van der Waals surface area (Å²) in [5.74, 6) is -0.194. The molecule has 134 valence electrons. The zero-order chi connectivity index (χ0) is 17.8. The molecule has 1 aromatic carbocycles. The lowest BCUT2D eigenvalue weighted by Gasteiger charge is -2.25. The smallest absolute Gasteiger partial charge is 0.237 e. The maximum absolute atomic E-state index is 13.1. The maximum atomic E-state index is 13.1. The summed E-state index contributed by atoms with van der Waals surface area (Å²) < 4.78 is 13.1. The highest BCUT2D eigenvalue weighted by molar-refractivity contribution is 5.81. The third-order valence-electron chi connectivity index (χ3n) is 5.01. The minimum Gasteiger partial charge on any atom is -0.352 e. The molecule has 0 aliphatic heterocycles. The first-order chi connectivity index (χ1) is 12.0. The topological polar surface area (TPSA) is 61.0 Å². The second kappa shape index (κ2) is 7.78. The van der Waals surface area contributed by atoms with Crippen LogP contribution in [0.25, 0.3) is 11.3 Å². The number of nitrogens with one attached hydrogen (secondary N) is 2. The molecule has 1 atom stereocenters. The summed E-state index contributed by atoms with van der Waals surface area (Å²) in [5, 5.41) is 10.2. The molecule has 5 nitrogen and oxygen atoms in total. The summed E-state index contributed by atoms with van der Waals surface area (Å²) in [4.78, 5) is 14.4. The zero-order valence-electron chi connectivity index (χ0n) is 14.8. The Hall–Kier alpha value is -2.21. The molecule has 1 aromatic heterocycles. The monoisotopic (exact) mass is 344 g/mol. The van der Waals surface area contributed by atoms with Gasteiger partial charge in [0.15, 0.2) is 0 Å². The van der Waals surface area contributed by atoms with E-state index in [1.807, 2.05) is 18.9 Å². The highest BCUT2D eigenvalue weighted by Gasteiger charge is 2.24. The standard InChI is InChI=1S/C19H25FN4O/c1-13(19(25)22-17-5-3-4-6-17)24(2)12-15-11-21-23-18(15)14-7-9-16(20)10-8-14/h7-11,13,17H,3-6,12H2,1-2H3,(H,21,23)(H,22,25)/t13-/m0/s1. The fourth-order valence-corrected chi connectivity index (χ4v) is 3.30. The number of nitrogens with zero attached hydrogens (tertiary/aromatic N) is 2. The van der Waals surface area contributed by atoms with Gasteiger partial charge < -0.3 is 5.32 Å². The number of carbonyl (C=O) groups excluding carboxylic acids is 1. The van der Waals surface area contributed by atoms with Crippen LogP contribution in [-0.4, -0.2) is 40.1 Å². The van der Waals surface area contributed by atoms with Gasteiger partial charge in [-0.3, -0.25) is 14.8 Å². The van der Waals surface area contributed by atoms with Crippen molar-refractivity contribution in [3.63, 3.8) is 0 Å². The van der Waals surface area contributed by atoms with Crippen LogP contribution in [0.15, 0.2) is 30.5 Å². The van der Waals surface area contributed by atoms with Gasteiger partial charge in [0.2, 0.25) is 5.91 Å². The fraction of sp³-hybridized carbons (Fsp3) is 0.474. The molecule has 1 aliphatic carbocycles. The lowest BCUT2D eigenvalue weighted by molar-refractivity contribution is -0.126. The van der Waals surface area contributed by atoms with Crippen molar-refractivity contribution in [1.82, 2.24) is 20.4 Å². The number of benzene rings is 1. The Morgan fingerprint density at radius 1 is 1.36 bits per heavy atom. The van der Waals surface area contributed by atoms with E-state index in [0.29, 0.717) is 12.6 Å². The number of hydrogen-bond donors (Lipinski definition) is 2. The second-order valence-corrected chi connectivity index (χ2v) is 6.86. The number of aromatic amines is 1. The highest BCUT2D eigenvalue weighted by Crippen LogP contribution is 2.23. The average molecular weight is 344 g/mol. The Morgan fingerprint density at radius 3 is 2.72 bits per heavy atom. The third-order valence-corrected chi connectivity index (χ3v) is 5.01. The molecule has 25 heavy (non-hydrogen) atoms. The first kappa shape index (κ1) is 17.6. The van der Waals surface area contributed by atoms with Crippen molar-refractivity contribution in [3.05, 3.63) is 41.8 Å². The van der Waals surface area contributed by atoms with Crippen LogP contribution in [0.2, 0.25) is 0 Å². The summed E-state index contributed by atoms with van der Waals surface area (Å²) in [5.41, 5.74) is 2.72. The number of aromatic nitrogens is 2. The Morgan fingerprint density at radius 2 is 2.04 bits per heavy atom. The van der Waals surface area contributed by atoms with Crippen molar-refractivity contribution in [3.8, 4) is 11.3 Å². The molecule has 0 spiro atoms. The van der Waals surface area contributed by atoms with Gasteiger partial charge in [0, 0.05) is 23.7 Å². The average Bonchev–Trinajstić information content (AvgIpc) is 3.27. The molecular formula is C19H25FN4O. The van der Waals surface area contributed by atoms with Crippen LogP contribution in [0.3, 0.4) is 0 Å². The number of carbonyl (C=O) groups is 1. The molecular weight excluding hydrogens is 319 g/mol. The van der Waals surface area contributed by atoms with Crippen LogP contribution in [0.4, 0.5) is 4.39 Å². The lowest BCUT2D eigenvalue weighted by Crippen LogP contribution is -2.46. The van der Waals surface area contributed by atoms with Gasteiger partial charge in [-0.15, -0.1) is 0 Å². The molecule has 1 aliphatic rings. The summed E-state index contributed by atoms with van der Waals surface area (Å²) in [6.45, 7) is 2.50. The first-order valence-corrected chi connectivity index (χ1v) is 8.83. The minimum absolute atomic E-state index is 0.0706. The Balaban J connectivity index is 1.64. The van der Waals surface area contributed by atoms with E-state index in [9.17, 15) is 9.18 Å². The van der Waals surface area contributed by atoms with Crippen molar-refractivity contribution < 1.29 is 9.18 Å². The van der Waals surface area contributed by atoms with Gasteiger partial charge in [-0.25, -0.2) is 4.39 Å². The van der Waals surface area contributed by atoms with Crippen molar-refractivity contribution >= 4 is 5.91 Å². The molecule has 0 radical (unpaired) electrons. The second-order valence-electron chi connectivity index (χ2n) is 6.86. The van der Waals surface area contributed by atoms with E-state index < -0.39 is 0 Å². The van der Waals surface area contributed by atoms with E-state index in [-0.39, 0.29) is 17.8 Å². The molecule has 2 aromatic rings. The number of rotatable bonds is 6. The van der Waals surface area contributed by atoms with Crippen LogP contribution in [0.5, 0.6) is 0 Å². The van der Waals surface area contributed by atoms with Crippen molar-refractivity contribution in [2.24, 2.45) is 0 Å². The minimum atomic E-state index is -0.265. The normalized spacial score (nSPS) is 16.3. The molecule has 1 fully saturated rings. The van der Waals surface area contributed by atoms with Crippen molar-refractivity contribution in [2.75, 3.05) is 7.05 Å². The predicted octanol–water partition coefficient (Wildman–Crippen LogP) is 3.09. The van der Waals surface area contributed by atoms with Gasteiger partial charge in [0.05, 0.1) is 17.9 Å². The summed E-state index contributed by atoms with van der Waals surface area (Å²) in [7, 11) is 1.93. The number of hydrogen-bond acceptors (Lipinski definition) is 3. The maximum Gasteiger partial charge on any atom is 0.237 e. The summed E-state index contributed by atoms with van der Waals surface area (Å²) in [6.07, 6.45) is 6.32. The van der Waals surface area contributed by atoms with Crippen LogP contribution >= 0.6 is 0 Å². The predicted molar refractivity (Wildman–Crippen MR) is 95.3 cm³/mol. The van der Waals surface area contributed by atoms with Gasteiger partial charge in [0.25, 0.3) is 0 Å². The summed E-state index contributed by atoms with van der Waals surface area (Å²) >= 11 is 0. The SMILES string of the molecule is C[C@@H](C(=O)NC1CCCC1)N(C)Cc1cn[nH]c1-c1ccc(F)cc1. The van der Waals surface area contributed by atoms with Crippen molar-refractivity contribution in [1.29, 1.82) is 0 Å². The van der Waals surface area contributed by atoms with Gasteiger partial charge in [-0.05, 0) is 51.1 Å². The molecule has 0 unspecified atom stereocenters. The van der Waals surface area contributed by atoms with Gasteiger partial charge in [0.1, 0.15) is 5.82 Å². The van der Waals surface area contributed by atoms with Gasteiger partial charge in [-0.2, -0.15) is 5.10 Å². The lowest BCUT2D eigenvalue weighted by atomic mass is 10.1. The van der Waals surface area contributed by atoms with E-state index in [1.165, 1.54) is 25.0 Å². The summed E-state index contributed by atoms with van der Waals surface area (Å²) in [6, 6.07) is 6.41. The Labute approximate surface area is 147 Å². The molecule has 0 saturated heterocycles. The molecule has 3 rings (SSSR count).